The third kappa shape index (κ3) is 3.11. The zero-order valence-electron chi connectivity index (χ0n) is 12.6. The van der Waals surface area contributed by atoms with E-state index < -0.39 is 0 Å². The Morgan fingerprint density at radius 3 is 2.58 bits per heavy atom. The highest BCUT2D eigenvalue weighted by molar-refractivity contribution is 5.80. The molecule has 110 valence electrons. The molecule has 2 bridgehead atoms. The molecule has 4 nitrogen and oxygen atoms in total. The van der Waals surface area contributed by atoms with Crippen LogP contribution in [-0.4, -0.2) is 30.7 Å². The summed E-state index contributed by atoms with van der Waals surface area (Å²) in [6, 6.07) is 0.190. The van der Waals surface area contributed by atoms with Crippen LogP contribution in [0.5, 0.6) is 0 Å². The first-order valence-electron chi connectivity index (χ1n) is 7.45. The van der Waals surface area contributed by atoms with Crippen LogP contribution in [0.2, 0.25) is 0 Å². The minimum absolute atomic E-state index is 0.0341. The van der Waals surface area contributed by atoms with Crippen LogP contribution >= 0.6 is 0 Å². The number of rotatable bonds is 5. The molecule has 4 heteroatoms. The average molecular weight is 268 g/mol. The molecule has 0 aromatic rings. The van der Waals surface area contributed by atoms with Gasteiger partial charge in [0.2, 0.25) is 5.91 Å². The zero-order chi connectivity index (χ0) is 14.2. The minimum atomic E-state index is -0.205. The number of nitrogens with one attached hydrogen (secondary N) is 1. The van der Waals surface area contributed by atoms with Crippen LogP contribution in [0.4, 0.5) is 0 Å². The molecule has 2 rings (SSSR count). The van der Waals surface area contributed by atoms with Gasteiger partial charge in [-0.05, 0) is 58.3 Å². The molecule has 3 N–H and O–H groups in total. The fraction of sp³-hybridized carbons (Fsp3) is 0.933. The molecule has 19 heavy (non-hydrogen) atoms. The van der Waals surface area contributed by atoms with Crippen molar-refractivity contribution in [1.82, 2.24) is 5.32 Å². The smallest absolute Gasteiger partial charge is 0.225 e. The van der Waals surface area contributed by atoms with Crippen molar-refractivity contribution < 1.29 is 9.53 Å². The number of hydrogen-bond donors (Lipinski definition) is 2. The molecule has 0 aromatic heterocycles. The fourth-order valence-corrected chi connectivity index (χ4v) is 3.94. The zero-order valence-corrected chi connectivity index (χ0v) is 12.6. The lowest BCUT2D eigenvalue weighted by molar-refractivity contribution is -0.128. The summed E-state index contributed by atoms with van der Waals surface area (Å²) in [6.07, 6.45) is 4.35. The van der Waals surface area contributed by atoms with Crippen LogP contribution in [-0.2, 0) is 9.53 Å². The van der Waals surface area contributed by atoms with E-state index in [9.17, 15) is 4.79 Å². The average Bonchev–Trinajstić information content (AvgIpc) is 2.88. The molecular weight excluding hydrogens is 240 g/mol. The van der Waals surface area contributed by atoms with Gasteiger partial charge in [0, 0.05) is 19.2 Å². The highest BCUT2D eigenvalue weighted by Gasteiger charge is 2.49. The lowest BCUT2D eigenvalue weighted by atomic mass is 9.84. The Bertz CT molecular complexity index is 341. The van der Waals surface area contributed by atoms with E-state index in [0.29, 0.717) is 11.8 Å². The SMILES string of the molecule is COC(C)(C)CC(C)NC(=O)C1C2CCC(C2)C1N. The van der Waals surface area contributed by atoms with Gasteiger partial charge in [0.1, 0.15) is 0 Å². The third-order valence-electron chi connectivity index (χ3n) is 5.02. The Morgan fingerprint density at radius 2 is 2.05 bits per heavy atom. The van der Waals surface area contributed by atoms with Crippen molar-refractivity contribution in [2.75, 3.05) is 7.11 Å². The number of ether oxygens (including phenoxy) is 1. The predicted molar refractivity (Wildman–Crippen MR) is 75.6 cm³/mol. The molecule has 5 atom stereocenters. The molecule has 0 spiro atoms. The number of hydrogen-bond acceptors (Lipinski definition) is 3. The Labute approximate surface area is 116 Å². The maximum Gasteiger partial charge on any atom is 0.225 e. The monoisotopic (exact) mass is 268 g/mol. The first-order chi connectivity index (χ1) is 8.84. The Balaban J connectivity index is 1.88. The molecule has 0 heterocycles. The van der Waals surface area contributed by atoms with Gasteiger partial charge in [-0.25, -0.2) is 0 Å². The number of carbonyl (C=O) groups excluding carboxylic acids is 1. The van der Waals surface area contributed by atoms with Crippen LogP contribution in [0.15, 0.2) is 0 Å². The van der Waals surface area contributed by atoms with Crippen LogP contribution in [0.25, 0.3) is 0 Å². The molecule has 1 amide bonds. The summed E-state index contributed by atoms with van der Waals surface area (Å²) in [5.41, 5.74) is 6.00. The minimum Gasteiger partial charge on any atom is -0.379 e. The number of fused-ring (bicyclic) bond motifs is 2. The van der Waals surface area contributed by atoms with E-state index in [2.05, 4.69) is 5.32 Å². The van der Waals surface area contributed by atoms with Crippen molar-refractivity contribution in [3.8, 4) is 0 Å². The number of nitrogens with two attached hydrogens (primary N) is 1. The van der Waals surface area contributed by atoms with Crippen LogP contribution in [0, 0.1) is 17.8 Å². The van der Waals surface area contributed by atoms with Crippen molar-refractivity contribution in [3.63, 3.8) is 0 Å². The number of methoxy groups -OCH3 is 1. The van der Waals surface area contributed by atoms with Crippen molar-refractivity contribution in [2.24, 2.45) is 23.5 Å². The van der Waals surface area contributed by atoms with Crippen LogP contribution < -0.4 is 11.1 Å². The van der Waals surface area contributed by atoms with Crippen LogP contribution in [0.3, 0.4) is 0 Å². The highest BCUT2D eigenvalue weighted by Crippen LogP contribution is 2.47. The Kier molecular flexibility index (Phi) is 4.21. The highest BCUT2D eigenvalue weighted by atomic mass is 16.5. The van der Waals surface area contributed by atoms with Crippen LogP contribution in [0.1, 0.15) is 46.5 Å². The summed E-state index contributed by atoms with van der Waals surface area (Å²) in [5, 5.41) is 3.13. The first-order valence-corrected chi connectivity index (χ1v) is 7.45. The largest absolute Gasteiger partial charge is 0.379 e. The van der Waals surface area contributed by atoms with Crippen molar-refractivity contribution in [3.05, 3.63) is 0 Å². The molecule has 2 aliphatic rings. The fourth-order valence-electron chi connectivity index (χ4n) is 3.94. The first kappa shape index (κ1) is 14.8. The summed E-state index contributed by atoms with van der Waals surface area (Å²) < 4.78 is 5.41. The van der Waals surface area contributed by atoms with Gasteiger partial charge in [-0.3, -0.25) is 4.79 Å². The van der Waals surface area contributed by atoms with Gasteiger partial charge in [-0.2, -0.15) is 0 Å². The summed E-state index contributed by atoms with van der Waals surface area (Å²) in [4.78, 5) is 12.4. The molecule has 2 aliphatic carbocycles. The number of carbonyl (C=O) groups is 1. The molecule has 2 saturated carbocycles. The summed E-state index contributed by atoms with van der Waals surface area (Å²) >= 11 is 0. The lowest BCUT2D eigenvalue weighted by Gasteiger charge is -2.31. The van der Waals surface area contributed by atoms with Crippen molar-refractivity contribution in [1.29, 1.82) is 0 Å². The molecule has 2 fully saturated rings. The van der Waals surface area contributed by atoms with Gasteiger partial charge < -0.3 is 15.8 Å². The van der Waals surface area contributed by atoms with E-state index in [-0.39, 0.29) is 29.5 Å². The van der Waals surface area contributed by atoms with Crippen molar-refractivity contribution in [2.45, 2.75) is 64.1 Å². The van der Waals surface area contributed by atoms with Gasteiger partial charge in [0.05, 0.1) is 11.5 Å². The molecule has 0 saturated heterocycles. The molecule has 0 aliphatic heterocycles. The lowest BCUT2D eigenvalue weighted by Crippen LogP contribution is -2.48. The second-order valence-corrected chi connectivity index (χ2v) is 7.01. The normalized spacial score (nSPS) is 35.4. The van der Waals surface area contributed by atoms with E-state index >= 15 is 0 Å². The van der Waals surface area contributed by atoms with E-state index in [0.717, 1.165) is 12.8 Å². The summed E-state index contributed by atoms with van der Waals surface area (Å²) in [7, 11) is 1.71. The van der Waals surface area contributed by atoms with E-state index in [1.165, 1.54) is 12.8 Å². The molecule has 0 aromatic carbocycles. The molecular formula is C15H28N2O2. The predicted octanol–water partition coefficient (Wildman–Crippen LogP) is 1.68. The summed E-state index contributed by atoms with van der Waals surface area (Å²) in [6.45, 7) is 6.12. The van der Waals surface area contributed by atoms with Gasteiger partial charge in [-0.15, -0.1) is 0 Å². The maximum atomic E-state index is 12.4. The van der Waals surface area contributed by atoms with Crippen molar-refractivity contribution >= 4 is 5.91 Å². The van der Waals surface area contributed by atoms with Gasteiger partial charge in [0.25, 0.3) is 0 Å². The second kappa shape index (κ2) is 5.41. The summed E-state index contributed by atoms with van der Waals surface area (Å²) in [5.74, 6) is 1.28. The maximum absolute atomic E-state index is 12.4. The van der Waals surface area contributed by atoms with E-state index in [1.54, 1.807) is 7.11 Å². The number of amides is 1. The molecule has 5 unspecified atom stereocenters. The topological polar surface area (TPSA) is 64.3 Å². The third-order valence-corrected chi connectivity index (χ3v) is 5.02. The van der Waals surface area contributed by atoms with E-state index in [1.807, 2.05) is 20.8 Å². The van der Waals surface area contributed by atoms with E-state index in [4.69, 9.17) is 10.5 Å². The Morgan fingerprint density at radius 1 is 1.42 bits per heavy atom. The molecule has 0 radical (unpaired) electrons. The second-order valence-electron chi connectivity index (χ2n) is 7.01. The quantitative estimate of drug-likeness (QED) is 0.797. The van der Waals surface area contributed by atoms with Gasteiger partial charge in [-0.1, -0.05) is 0 Å². The van der Waals surface area contributed by atoms with Gasteiger partial charge in [0.15, 0.2) is 0 Å². The Hall–Kier alpha value is -0.610. The van der Waals surface area contributed by atoms with Gasteiger partial charge >= 0.3 is 0 Å². The standard InChI is InChI=1S/C15H28N2O2/c1-9(8-15(2,3)19-4)17-14(18)12-10-5-6-11(7-10)13(12)16/h9-13H,5-8,16H2,1-4H3,(H,17,18).